The molecule has 0 amide bonds. The van der Waals surface area contributed by atoms with E-state index in [2.05, 4.69) is 15.9 Å². The Morgan fingerprint density at radius 2 is 2.17 bits per heavy atom. The summed E-state index contributed by atoms with van der Waals surface area (Å²) in [5, 5.41) is 10.9. The molecule has 9 heteroatoms. The summed E-state index contributed by atoms with van der Waals surface area (Å²) < 4.78 is 25.6. The molecule has 0 bridgehead atoms. The first-order valence-electron chi connectivity index (χ1n) is 5.02. The van der Waals surface area contributed by atoms with Gasteiger partial charge in [-0.3, -0.25) is 15.0 Å². The number of nitro groups is 1. The van der Waals surface area contributed by atoms with E-state index in [4.69, 9.17) is 4.84 Å². The first-order chi connectivity index (χ1) is 8.43. The molecule has 1 heterocycles. The SMILES string of the molecule is O=[N+]([O-])c1ccc(Br)cc1S(=O)(=O)N1CCCO1. The molecule has 98 valence electrons. The van der Waals surface area contributed by atoms with Crippen LogP contribution in [0.2, 0.25) is 0 Å². The lowest BCUT2D eigenvalue weighted by molar-refractivity contribution is -0.387. The molecule has 1 aromatic carbocycles. The highest BCUT2D eigenvalue weighted by Crippen LogP contribution is 2.30. The molecule has 0 atom stereocenters. The number of sulfonamides is 1. The molecular weight excluding hydrogens is 328 g/mol. The predicted molar refractivity (Wildman–Crippen MR) is 65.3 cm³/mol. The van der Waals surface area contributed by atoms with Gasteiger partial charge < -0.3 is 0 Å². The minimum Gasteiger partial charge on any atom is -0.284 e. The second-order valence-corrected chi connectivity index (χ2v) is 6.30. The molecule has 1 saturated heterocycles. The second-order valence-electron chi connectivity index (χ2n) is 3.59. The van der Waals surface area contributed by atoms with Crippen LogP contribution in [0.15, 0.2) is 27.6 Å². The highest BCUT2D eigenvalue weighted by atomic mass is 79.9. The van der Waals surface area contributed by atoms with Crippen molar-refractivity contribution in [3.05, 3.63) is 32.8 Å². The van der Waals surface area contributed by atoms with Crippen molar-refractivity contribution in [1.29, 1.82) is 0 Å². The zero-order chi connectivity index (χ0) is 13.3. The molecule has 0 unspecified atom stereocenters. The summed E-state index contributed by atoms with van der Waals surface area (Å²) in [7, 11) is -4.00. The Labute approximate surface area is 112 Å². The average molecular weight is 337 g/mol. The van der Waals surface area contributed by atoms with Crippen molar-refractivity contribution < 1.29 is 18.2 Å². The van der Waals surface area contributed by atoms with E-state index in [0.717, 1.165) is 10.5 Å². The van der Waals surface area contributed by atoms with Crippen molar-refractivity contribution in [1.82, 2.24) is 4.47 Å². The van der Waals surface area contributed by atoms with E-state index in [9.17, 15) is 18.5 Å². The zero-order valence-corrected chi connectivity index (χ0v) is 11.5. The predicted octanol–water partition coefficient (Wildman–Crippen LogP) is 1.68. The number of hydrogen-bond donors (Lipinski definition) is 0. The van der Waals surface area contributed by atoms with Crippen LogP contribution < -0.4 is 0 Å². The van der Waals surface area contributed by atoms with Gasteiger partial charge in [-0.25, -0.2) is 8.42 Å². The molecular formula is C9H9BrN2O5S. The minimum atomic E-state index is -4.00. The first kappa shape index (κ1) is 13.4. The molecule has 1 aliphatic rings. The first-order valence-corrected chi connectivity index (χ1v) is 7.26. The molecule has 2 rings (SSSR count). The molecule has 0 aromatic heterocycles. The summed E-state index contributed by atoms with van der Waals surface area (Å²) >= 11 is 3.10. The van der Waals surface area contributed by atoms with Crippen molar-refractivity contribution >= 4 is 31.6 Å². The van der Waals surface area contributed by atoms with E-state index in [-0.39, 0.29) is 11.4 Å². The van der Waals surface area contributed by atoms with Crippen molar-refractivity contribution in [2.75, 3.05) is 13.2 Å². The molecule has 0 radical (unpaired) electrons. The molecule has 1 aromatic rings. The molecule has 1 fully saturated rings. The lowest BCUT2D eigenvalue weighted by atomic mass is 10.3. The van der Waals surface area contributed by atoms with Gasteiger partial charge >= 0.3 is 0 Å². The van der Waals surface area contributed by atoms with E-state index in [1.807, 2.05) is 0 Å². The van der Waals surface area contributed by atoms with Gasteiger partial charge in [-0.15, -0.1) is 0 Å². The molecule has 1 aliphatic heterocycles. The molecule has 0 aliphatic carbocycles. The normalized spacial score (nSPS) is 16.9. The van der Waals surface area contributed by atoms with Gasteiger partial charge in [0.15, 0.2) is 4.90 Å². The Morgan fingerprint density at radius 3 is 2.72 bits per heavy atom. The summed E-state index contributed by atoms with van der Waals surface area (Å²) in [6, 6.07) is 3.77. The molecule has 0 spiro atoms. The Hall–Kier alpha value is -1.03. The molecule has 18 heavy (non-hydrogen) atoms. The summed E-state index contributed by atoms with van der Waals surface area (Å²) in [4.78, 5) is 14.7. The topological polar surface area (TPSA) is 89.8 Å². The van der Waals surface area contributed by atoms with E-state index < -0.39 is 20.6 Å². The Balaban J connectivity index is 2.55. The van der Waals surface area contributed by atoms with Crippen molar-refractivity contribution in [3.8, 4) is 0 Å². The van der Waals surface area contributed by atoms with Gasteiger partial charge in [0.25, 0.3) is 15.7 Å². The Morgan fingerprint density at radius 1 is 1.44 bits per heavy atom. The smallest absolute Gasteiger partial charge is 0.284 e. The van der Waals surface area contributed by atoms with Crippen molar-refractivity contribution in [2.45, 2.75) is 11.3 Å². The Bertz CT molecular complexity index is 583. The van der Waals surface area contributed by atoms with E-state index >= 15 is 0 Å². The third-order valence-corrected chi connectivity index (χ3v) is 4.59. The number of rotatable bonds is 3. The zero-order valence-electron chi connectivity index (χ0n) is 9.08. The van der Waals surface area contributed by atoms with Crippen molar-refractivity contribution in [2.24, 2.45) is 0 Å². The third-order valence-electron chi connectivity index (χ3n) is 2.38. The van der Waals surface area contributed by atoms with Crippen LogP contribution in [0.3, 0.4) is 0 Å². The second kappa shape index (κ2) is 4.92. The van der Waals surface area contributed by atoms with Crippen LogP contribution in [-0.4, -0.2) is 31.0 Å². The largest absolute Gasteiger partial charge is 0.289 e. The fraction of sp³-hybridized carbons (Fsp3) is 0.333. The van der Waals surface area contributed by atoms with Crippen LogP contribution >= 0.6 is 15.9 Å². The Kier molecular flexibility index (Phi) is 3.66. The minimum absolute atomic E-state index is 0.200. The molecule has 0 saturated carbocycles. The average Bonchev–Trinajstić information content (AvgIpc) is 2.82. The lowest BCUT2D eigenvalue weighted by Crippen LogP contribution is -2.27. The molecule has 7 nitrogen and oxygen atoms in total. The maximum Gasteiger partial charge on any atom is 0.289 e. The quantitative estimate of drug-likeness (QED) is 0.618. The number of hydroxylamine groups is 1. The van der Waals surface area contributed by atoms with E-state index in [1.165, 1.54) is 12.1 Å². The van der Waals surface area contributed by atoms with Gasteiger partial charge in [-0.2, -0.15) is 0 Å². The van der Waals surface area contributed by atoms with Gasteiger partial charge in [0.05, 0.1) is 11.5 Å². The maximum absolute atomic E-state index is 12.2. The van der Waals surface area contributed by atoms with Crippen LogP contribution in [0, 0.1) is 10.1 Å². The van der Waals surface area contributed by atoms with Gasteiger partial charge in [-0.1, -0.05) is 20.4 Å². The van der Waals surface area contributed by atoms with Gasteiger partial charge in [0, 0.05) is 17.1 Å². The monoisotopic (exact) mass is 336 g/mol. The van der Waals surface area contributed by atoms with Crippen LogP contribution in [0.5, 0.6) is 0 Å². The fourth-order valence-corrected chi connectivity index (χ4v) is 3.57. The summed E-state index contributed by atoms with van der Waals surface area (Å²) in [6.07, 6.45) is 0.570. The highest BCUT2D eigenvalue weighted by Gasteiger charge is 2.34. The summed E-state index contributed by atoms with van der Waals surface area (Å²) in [6.45, 7) is 0.493. The standard InChI is InChI=1S/C9H9BrN2O5S/c10-7-2-3-8(12(13)14)9(6-7)18(15,16)11-4-1-5-17-11/h2-3,6H,1,4-5H2. The van der Waals surface area contributed by atoms with Crippen LogP contribution in [0.25, 0.3) is 0 Å². The summed E-state index contributed by atoms with van der Waals surface area (Å²) in [5.41, 5.74) is -0.464. The van der Waals surface area contributed by atoms with Gasteiger partial charge in [0.2, 0.25) is 0 Å². The summed E-state index contributed by atoms with van der Waals surface area (Å²) in [5.74, 6) is 0. The number of nitro benzene ring substituents is 1. The van der Waals surface area contributed by atoms with E-state index in [1.54, 1.807) is 0 Å². The third kappa shape index (κ3) is 2.39. The van der Waals surface area contributed by atoms with Crippen molar-refractivity contribution in [3.63, 3.8) is 0 Å². The number of halogens is 1. The van der Waals surface area contributed by atoms with Crippen LogP contribution in [0.4, 0.5) is 5.69 Å². The van der Waals surface area contributed by atoms with Gasteiger partial charge in [0.1, 0.15) is 0 Å². The van der Waals surface area contributed by atoms with Gasteiger partial charge in [-0.05, 0) is 18.6 Å². The van der Waals surface area contributed by atoms with E-state index in [0.29, 0.717) is 17.5 Å². The maximum atomic E-state index is 12.2. The van der Waals surface area contributed by atoms with Crippen LogP contribution in [-0.2, 0) is 14.9 Å². The number of hydrogen-bond acceptors (Lipinski definition) is 5. The fourth-order valence-electron chi connectivity index (χ4n) is 1.57. The van der Waals surface area contributed by atoms with Crippen LogP contribution in [0.1, 0.15) is 6.42 Å². The molecule has 0 N–H and O–H groups in total. The lowest BCUT2D eigenvalue weighted by Gasteiger charge is -2.14. The number of benzene rings is 1. The number of nitrogens with zero attached hydrogens (tertiary/aromatic N) is 2. The highest BCUT2D eigenvalue weighted by molar-refractivity contribution is 9.10.